The molecule has 0 fully saturated rings. The highest BCUT2D eigenvalue weighted by molar-refractivity contribution is 6.79. The number of benzene rings is 4. The van der Waals surface area contributed by atoms with Crippen LogP contribution in [0.15, 0.2) is 121 Å². The van der Waals surface area contributed by atoms with E-state index in [1.807, 2.05) is 91.0 Å². The Morgan fingerprint density at radius 3 is 1.16 bits per heavy atom. The van der Waals surface area contributed by atoms with E-state index in [1.54, 1.807) is 30.3 Å². The summed E-state index contributed by atoms with van der Waals surface area (Å²) in [6.07, 6.45) is 0. The molecule has 0 atom stereocenters. The first kappa shape index (κ1) is 25.6. The summed E-state index contributed by atoms with van der Waals surface area (Å²) in [5.74, 6) is -2.22. The fourth-order valence-electron chi connectivity index (χ4n) is 4.38. The number of hydrogen-bond acceptors (Lipinski definition) is 6. The zero-order valence-corrected chi connectivity index (χ0v) is 21.5. The molecular formula is C30H26O6Si. The third kappa shape index (κ3) is 5.22. The molecule has 0 saturated carbocycles. The van der Waals surface area contributed by atoms with Crippen LogP contribution in [0.25, 0.3) is 0 Å². The van der Waals surface area contributed by atoms with Crippen molar-refractivity contribution >= 4 is 31.9 Å². The Morgan fingerprint density at radius 1 is 0.514 bits per heavy atom. The molecule has 37 heavy (non-hydrogen) atoms. The van der Waals surface area contributed by atoms with E-state index in [0.717, 1.165) is 0 Å². The van der Waals surface area contributed by atoms with Crippen molar-refractivity contribution < 1.29 is 27.7 Å². The first-order valence-electron chi connectivity index (χ1n) is 11.7. The highest BCUT2D eigenvalue weighted by Crippen LogP contribution is 2.41. The van der Waals surface area contributed by atoms with Gasteiger partial charge in [0, 0.05) is 13.8 Å². The molecule has 0 spiro atoms. The molecule has 7 heteroatoms. The van der Waals surface area contributed by atoms with Crippen molar-refractivity contribution in [2.75, 3.05) is 0 Å². The van der Waals surface area contributed by atoms with Crippen LogP contribution in [0.1, 0.15) is 30.5 Å². The van der Waals surface area contributed by atoms with Crippen molar-refractivity contribution in [2.45, 2.75) is 19.3 Å². The van der Waals surface area contributed by atoms with Gasteiger partial charge in [0.1, 0.15) is 5.41 Å². The molecule has 0 N–H and O–H groups in total. The van der Waals surface area contributed by atoms with Crippen molar-refractivity contribution in [3.05, 3.63) is 138 Å². The highest BCUT2D eigenvalue weighted by atomic mass is 28.4. The molecule has 0 aliphatic carbocycles. The van der Waals surface area contributed by atoms with Crippen molar-refractivity contribution in [2.24, 2.45) is 0 Å². The second kappa shape index (κ2) is 11.1. The average molecular weight is 511 g/mol. The van der Waals surface area contributed by atoms with Crippen LogP contribution in [0, 0.1) is 0 Å². The Balaban J connectivity index is 2.00. The van der Waals surface area contributed by atoms with Crippen LogP contribution in [0.2, 0.25) is 0 Å². The van der Waals surface area contributed by atoms with Crippen molar-refractivity contribution in [3.8, 4) is 0 Å². The molecule has 0 unspecified atom stereocenters. The smallest absolute Gasteiger partial charge is 0.452 e. The number of rotatable bonds is 8. The zero-order valence-electron chi connectivity index (χ0n) is 20.5. The monoisotopic (exact) mass is 510 g/mol. The summed E-state index contributed by atoms with van der Waals surface area (Å²) in [6.45, 7) is 2.36. The lowest BCUT2D eigenvalue weighted by molar-refractivity contribution is -0.149. The van der Waals surface area contributed by atoms with Crippen LogP contribution < -0.4 is 5.19 Å². The van der Waals surface area contributed by atoms with Crippen LogP contribution in [-0.4, -0.2) is 26.7 Å². The van der Waals surface area contributed by atoms with Crippen LogP contribution in [0.5, 0.6) is 0 Å². The van der Waals surface area contributed by atoms with Crippen LogP contribution in [0.4, 0.5) is 0 Å². The summed E-state index contributed by atoms with van der Waals surface area (Å²) in [4.78, 5) is 39.2. The van der Waals surface area contributed by atoms with Crippen LogP contribution in [0.3, 0.4) is 0 Å². The van der Waals surface area contributed by atoms with Gasteiger partial charge in [-0.2, -0.15) is 0 Å². The molecule has 0 radical (unpaired) electrons. The van der Waals surface area contributed by atoms with Crippen molar-refractivity contribution in [3.63, 3.8) is 0 Å². The summed E-state index contributed by atoms with van der Waals surface area (Å²) in [7, 11) is -4.42. The van der Waals surface area contributed by atoms with Crippen molar-refractivity contribution in [1.82, 2.24) is 0 Å². The van der Waals surface area contributed by atoms with Gasteiger partial charge in [0.05, 0.1) is 5.19 Å². The Labute approximate surface area is 216 Å². The van der Waals surface area contributed by atoms with Crippen LogP contribution >= 0.6 is 0 Å². The third-order valence-electron chi connectivity index (χ3n) is 5.84. The maximum atomic E-state index is 14.6. The maximum Gasteiger partial charge on any atom is 0.742 e. The van der Waals surface area contributed by atoms with E-state index in [9.17, 15) is 14.4 Å². The minimum absolute atomic E-state index is 0.303. The van der Waals surface area contributed by atoms with E-state index in [2.05, 4.69) is 0 Å². The molecule has 0 saturated heterocycles. The van der Waals surface area contributed by atoms with Gasteiger partial charge in [-0.3, -0.25) is 14.4 Å². The van der Waals surface area contributed by atoms with Gasteiger partial charge in [-0.05, 0) is 16.7 Å². The average Bonchev–Trinajstić information content (AvgIpc) is 2.91. The second-order valence-corrected chi connectivity index (χ2v) is 10.6. The van der Waals surface area contributed by atoms with Gasteiger partial charge in [0.15, 0.2) is 0 Å². The number of carbonyl (C=O) groups is 3. The van der Waals surface area contributed by atoms with E-state index in [-0.39, 0.29) is 0 Å². The minimum atomic E-state index is -4.42. The second-order valence-electron chi connectivity index (χ2n) is 8.35. The molecule has 0 aromatic heterocycles. The zero-order chi connectivity index (χ0) is 26.3. The fourth-order valence-corrected chi connectivity index (χ4v) is 6.61. The van der Waals surface area contributed by atoms with Gasteiger partial charge < -0.3 is 13.3 Å². The van der Waals surface area contributed by atoms with Gasteiger partial charge in [0.25, 0.3) is 11.9 Å². The lowest BCUT2D eigenvalue weighted by Gasteiger charge is -2.36. The molecular weight excluding hydrogens is 484 g/mol. The Bertz CT molecular complexity index is 1250. The highest BCUT2D eigenvalue weighted by Gasteiger charge is 2.58. The lowest BCUT2D eigenvalue weighted by Crippen LogP contribution is -2.61. The topological polar surface area (TPSA) is 78.9 Å². The van der Waals surface area contributed by atoms with E-state index >= 15 is 0 Å². The summed E-state index contributed by atoms with van der Waals surface area (Å²) in [5, 5.41) is 0.303. The summed E-state index contributed by atoms with van der Waals surface area (Å²) in [6, 6.07) is 36.0. The predicted octanol–water partition coefficient (Wildman–Crippen LogP) is 4.54. The molecule has 0 aliphatic heterocycles. The van der Waals surface area contributed by atoms with E-state index in [0.29, 0.717) is 21.9 Å². The molecule has 0 bridgehead atoms. The van der Waals surface area contributed by atoms with E-state index < -0.39 is 32.1 Å². The molecule has 0 heterocycles. The van der Waals surface area contributed by atoms with Gasteiger partial charge in [-0.1, -0.05) is 121 Å². The first-order valence-corrected chi connectivity index (χ1v) is 13.5. The van der Waals surface area contributed by atoms with Gasteiger partial charge >= 0.3 is 14.8 Å². The van der Waals surface area contributed by atoms with E-state index in [1.165, 1.54) is 13.8 Å². The SMILES string of the molecule is CC(=O)O[Si](OC(C)=O)(OC(=O)C(c1ccccc1)(c1ccccc1)c1ccccc1)c1ccccc1. The van der Waals surface area contributed by atoms with Crippen LogP contribution in [-0.2, 0) is 33.1 Å². The summed E-state index contributed by atoms with van der Waals surface area (Å²) < 4.78 is 17.4. The Hall–Kier alpha value is -4.49. The quantitative estimate of drug-likeness (QED) is 0.256. The molecule has 0 amide bonds. The molecule has 4 rings (SSSR count). The third-order valence-corrected chi connectivity index (χ3v) is 8.44. The van der Waals surface area contributed by atoms with Crippen molar-refractivity contribution in [1.29, 1.82) is 0 Å². The first-order chi connectivity index (χ1) is 17.9. The maximum absolute atomic E-state index is 14.6. The van der Waals surface area contributed by atoms with Gasteiger partial charge in [-0.15, -0.1) is 0 Å². The molecule has 4 aromatic carbocycles. The normalized spacial score (nSPS) is 11.3. The predicted molar refractivity (Wildman–Crippen MR) is 141 cm³/mol. The Morgan fingerprint density at radius 2 is 0.838 bits per heavy atom. The lowest BCUT2D eigenvalue weighted by atomic mass is 9.69. The standard InChI is InChI=1S/C30H26O6Si/c1-23(31)34-37(35-24(2)32,28-21-13-6-14-22-28)36-29(33)30(25-15-7-3-8-16-25,26-17-9-4-10-18-26)27-19-11-5-12-20-27/h3-22H,1-2H3. The Kier molecular flexibility index (Phi) is 7.65. The number of carbonyl (C=O) groups excluding carboxylic acids is 3. The fraction of sp³-hybridized carbons (Fsp3) is 0.100. The van der Waals surface area contributed by atoms with Gasteiger partial charge in [-0.25, -0.2) is 0 Å². The minimum Gasteiger partial charge on any atom is -0.452 e. The van der Waals surface area contributed by atoms with Gasteiger partial charge in [0.2, 0.25) is 0 Å². The molecule has 6 nitrogen and oxygen atoms in total. The number of hydrogen-bond donors (Lipinski definition) is 0. The largest absolute Gasteiger partial charge is 0.742 e. The summed E-state index contributed by atoms with van der Waals surface area (Å²) >= 11 is 0. The molecule has 0 aliphatic rings. The summed E-state index contributed by atoms with van der Waals surface area (Å²) in [5.41, 5.74) is 0.453. The molecule has 4 aromatic rings. The van der Waals surface area contributed by atoms with E-state index in [4.69, 9.17) is 13.3 Å². The molecule has 186 valence electrons.